The molecule has 2 atom stereocenters. The number of benzene rings is 1. The zero-order chi connectivity index (χ0) is 16.4. The van der Waals surface area contributed by atoms with Crippen molar-refractivity contribution in [2.45, 2.75) is 26.0 Å². The Hall–Kier alpha value is -1.79. The molecule has 0 radical (unpaired) electrons. The minimum absolute atomic E-state index is 0.0000470. The van der Waals surface area contributed by atoms with Gasteiger partial charge >= 0.3 is 0 Å². The summed E-state index contributed by atoms with van der Waals surface area (Å²) in [5.41, 5.74) is 1.50. The Morgan fingerprint density at radius 1 is 1.30 bits per heavy atom. The van der Waals surface area contributed by atoms with E-state index in [1.807, 2.05) is 27.0 Å². The highest BCUT2D eigenvalue weighted by atomic mass is 16.6. The van der Waals surface area contributed by atoms with E-state index in [0.29, 0.717) is 36.9 Å². The first-order valence-electron chi connectivity index (χ1n) is 8.09. The minimum atomic E-state index is -0.0931. The summed E-state index contributed by atoms with van der Waals surface area (Å²) < 4.78 is 16.9. The van der Waals surface area contributed by atoms with E-state index < -0.39 is 0 Å². The van der Waals surface area contributed by atoms with Crippen LogP contribution in [0.2, 0.25) is 0 Å². The molecule has 0 aliphatic carbocycles. The van der Waals surface area contributed by atoms with Gasteiger partial charge in [0.2, 0.25) is 0 Å². The highest BCUT2D eigenvalue weighted by Gasteiger charge is 2.33. The normalized spacial score (nSPS) is 23.8. The van der Waals surface area contributed by atoms with Crippen LogP contribution in [0.15, 0.2) is 12.1 Å². The Labute approximate surface area is 136 Å². The van der Waals surface area contributed by atoms with E-state index in [4.69, 9.17) is 14.2 Å². The average molecular weight is 320 g/mol. The highest BCUT2D eigenvalue weighted by Crippen LogP contribution is 2.33. The maximum atomic E-state index is 12.7. The van der Waals surface area contributed by atoms with Crippen LogP contribution in [0.4, 0.5) is 0 Å². The quantitative estimate of drug-likeness (QED) is 0.904. The summed E-state index contributed by atoms with van der Waals surface area (Å²) in [6.45, 7) is 7.21. The first-order chi connectivity index (χ1) is 11.1. The Bertz CT molecular complexity index is 590. The summed E-state index contributed by atoms with van der Waals surface area (Å²) in [5, 5.41) is 3.11. The third-order valence-corrected chi connectivity index (χ3v) is 4.28. The Balaban J connectivity index is 1.75. The molecule has 2 heterocycles. The molecule has 0 saturated carbocycles. The number of amides is 1. The maximum absolute atomic E-state index is 12.7. The van der Waals surface area contributed by atoms with Crippen LogP contribution in [0.25, 0.3) is 0 Å². The predicted molar refractivity (Wildman–Crippen MR) is 86.3 cm³/mol. The van der Waals surface area contributed by atoms with Crippen LogP contribution < -0.4 is 14.8 Å². The van der Waals surface area contributed by atoms with Gasteiger partial charge in [-0.3, -0.25) is 4.79 Å². The SMILES string of the molecule is CCO[C@@H]1CN(C)C[C@H]1NC(=O)c1cc2c(cc1C)OCCO2. The van der Waals surface area contributed by atoms with Gasteiger partial charge in [-0.2, -0.15) is 0 Å². The molecule has 0 aromatic heterocycles. The largest absolute Gasteiger partial charge is 0.486 e. The zero-order valence-electron chi connectivity index (χ0n) is 13.9. The topological polar surface area (TPSA) is 60.0 Å². The van der Waals surface area contributed by atoms with Gasteiger partial charge in [-0.15, -0.1) is 0 Å². The van der Waals surface area contributed by atoms with Crippen molar-refractivity contribution in [1.29, 1.82) is 0 Å². The smallest absolute Gasteiger partial charge is 0.252 e. The molecule has 1 fully saturated rings. The number of carbonyl (C=O) groups excluding carboxylic acids is 1. The minimum Gasteiger partial charge on any atom is -0.486 e. The lowest BCUT2D eigenvalue weighted by atomic mass is 10.1. The molecule has 2 aliphatic heterocycles. The third kappa shape index (κ3) is 3.43. The number of likely N-dealkylation sites (tertiary alicyclic amines) is 1. The van der Waals surface area contributed by atoms with E-state index >= 15 is 0 Å². The van der Waals surface area contributed by atoms with Gasteiger partial charge in [0.25, 0.3) is 5.91 Å². The molecule has 2 aliphatic rings. The maximum Gasteiger partial charge on any atom is 0.252 e. The Morgan fingerprint density at radius 3 is 2.70 bits per heavy atom. The van der Waals surface area contributed by atoms with Gasteiger partial charge in [-0.25, -0.2) is 0 Å². The molecule has 0 unspecified atom stereocenters. The average Bonchev–Trinajstić information content (AvgIpc) is 2.86. The van der Waals surface area contributed by atoms with E-state index in [-0.39, 0.29) is 18.1 Å². The van der Waals surface area contributed by atoms with Gasteiger partial charge in [0.05, 0.1) is 12.1 Å². The molecular weight excluding hydrogens is 296 g/mol. The van der Waals surface area contributed by atoms with E-state index in [0.717, 1.165) is 18.7 Å². The van der Waals surface area contributed by atoms with Gasteiger partial charge in [0, 0.05) is 25.3 Å². The van der Waals surface area contributed by atoms with E-state index in [2.05, 4.69) is 10.2 Å². The molecule has 1 saturated heterocycles. The third-order valence-electron chi connectivity index (χ3n) is 4.28. The number of hydrogen-bond donors (Lipinski definition) is 1. The second-order valence-electron chi connectivity index (χ2n) is 6.11. The summed E-state index contributed by atoms with van der Waals surface area (Å²) in [6, 6.07) is 3.64. The molecule has 6 nitrogen and oxygen atoms in total. The summed E-state index contributed by atoms with van der Waals surface area (Å²) in [6.07, 6.45) is 0.0338. The van der Waals surface area contributed by atoms with Crippen molar-refractivity contribution >= 4 is 5.91 Å². The van der Waals surface area contributed by atoms with Crippen molar-refractivity contribution in [2.24, 2.45) is 0 Å². The van der Waals surface area contributed by atoms with Gasteiger partial charge in [0.15, 0.2) is 11.5 Å². The van der Waals surface area contributed by atoms with Crippen molar-refractivity contribution in [1.82, 2.24) is 10.2 Å². The molecule has 1 aromatic carbocycles. The van der Waals surface area contributed by atoms with Crippen molar-refractivity contribution in [3.8, 4) is 11.5 Å². The number of carbonyl (C=O) groups is 1. The van der Waals surface area contributed by atoms with Crippen molar-refractivity contribution < 1.29 is 19.0 Å². The molecular formula is C17H24N2O4. The number of likely N-dealkylation sites (N-methyl/N-ethyl adjacent to an activating group) is 1. The standard InChI is InChI=1S/C17H24N2O4/c1-4-21-16-10-19(3)9-13(16)18-17(20)12-8-15-14(7-11(12)2)22-5-6-23-15/h7-8,13,16H,4-6,9-10H2,1-3H3,(H,18,20)/t13-,16-/m1/s1. The van der Waals surface area contributed by atoms with Gasteiger partial charge in [-0.1, -0.05) is 0 Å². The fourth-order valence-corrected chi connectivity index (χ4v) is 3.17. The second-order valence-corrected chi connectivity index (χ2v) is 6.11. The lowest BCUT2D eigenvalue weighted by Crippen LogP contribution is -2.44. The van der Waals surface area contributed by atoms with Gasteiger partial charge in [0.1, 0.15) is 13.2 Å². The molecule has 126 valence electrons. The summed E-state index contributed by atoms with van der Waals surface area (Å²) in [4.78, 5) is 14.9. The first kappa shape index (κ1) is 16.1. The molecule has 23 heavy (non-hydrogen) atoms. The number of ether oxygens (including phenoxy) is 3. The van der Waals surface area contributed by atoms with Crippen molar-refractivity contribution in [3.05, 3.63) is 23.3 Å². The predicted octanol–water partition coefficient (Wildman–Crippen LogP) is 1.22. The second kappa shape index (κ2) is 6.76. The molecule has 0 spiro atoms. The molecule has 3 rings (SSSR count). The van der Waals surface area contributed by atoms with E-state index in [1.165, 1.54) is 0 Å². The fourth-order valence-electron chi connectivity index (χ4n) is 3.17. The first-order valence-corrected chi connectivity index (χ1v) is 8.09. The zero-order valence-corrected chi connectivity index (χ0v) is 13.9. The number of rotatable bonds is 4. The van der Waals surface area contributed by atoms with Crippen LogP contribution in [0.3, 0.4) is 0 Å². The van der Waals surface area contributed by atoms with Crippen LogP contribution in [0.1, 0.15) is 22.8 Å². The number of nitrogens with zero attached hydrogens (tertiary/aromatic N) is 1. The van der Waals surface area contributed by atoms with Gasteiger partial charge < -0.3 is 24.4 Å². The molecule has 1 amide bonds. The van der Waals surface area contributed by atoms with Crippen LogP contribution in [-0.2, 0) is 4.74 Å². The van der Waals surface area contributed by atoms with Crippen LogP contribution in [0.5, 0.6) is 11.5 Å². The Morgan fingerprint density at radius 2 is 2.00 bits per heavy atom. The van der Waals surface area contributed by atoms with Crippen LogP contribution in [-0.4, -0.2) is 62.9 Å². The molecule has 6 heteroatoms. The van der Waals surface area contributed by atoms with E-state index in [1.54, 1.807) is 6.07 Å². The molecule has 0 bridgehead atoms. The summed E-state index contributed by atoms with van der Waals surface area (Å²) in [5.74, 6) is 1.25. The summed E-state index contributed by atoms with van der Waals surface area (Å²) in [7, 11) is 2.04. The highest BCUT2D eigenvalue weighted by molar-refractivity contribution is 5.96. The van der Waals surface area contributed by atoms with Crippen molar-refractivity contribution in [3.63, 3.8) is 0 Å². The number of hydrogen-bond acceptors (Lipinski definition) is 5. The fraction of sp³-hybridized carbons (Fsp3) is 0.588. The lowest BCUT2D eigenvalue weighted by molar-refractivity contribution is 0.0513. The van der Waals surface area contributed by atoms with Crippen LogP contribution >= 0.6 is 0 Å². The number of fused-ring (bicyclic) bond motifs is 1. The van der Waals surface area contributed by atoms with Gasteiger partial charge in [-0.05, 0) is 38.6 Å². The van der Waals surface area contributed by atoms with Crippen LogP contribution in [0, 0.1) is 6.92 Å². The Kier molecular flexibility index (Phi) is 4.73. The lowest BCUT2D eigenvalue weighted by Gasteiger charge is -2.22. The molecule has 1 N–H and O–H groups in total. The number of aryl methyl sites for hydroxylation is 1. The monoisotopic (exact) mass is 320 g/mol. The summed E-state index contributed by atoms with van der Waals surface area (Å²) >= 11 is 0. The van der Waals surface area contributed by atoms with E-state index in [9.17, 15) is 4.79 Å². The molecule has 1 aromatic rings. The van der Waals surface area contributed by atoms with Crippen molar-refractivity contribution in [2.75, 3.05) is 40.0 Å². The number of nitrogens with one attached hydrogen (secondary N) is 1.